The standard InChI is InChI=1S/C16H27NO2/c1-6-9-17-11-16(12(2)3)19-14-8-7-13(4)10-15(14)18-5/h7-8,10,12,16-17H,6,9,11H2,1-5H3. The Labute approximate surface area is 117 Å². The van der Waals surface area contributed by atoms with Crippen molar-refractivity contribution in [3.63, 3.8) is 0 Å². The second-order valence-electron chi connectivity index (χ2n) is 5.26. The van der Waals surface area contributed by atoms with Crippen LogP contribution >= 0.6 is 0 Å². The van der Waals surface area contributed by atoms with Gasteiger partial charge in [0.05, 0.1) is 7.11 Å². The van der Waals surface area contributed by atoms with E-state index in [2.05, 4.69) is 39.1 Å². The van der Waals surface area contributed by atoms with Crippen LogP contribution in [0.15, 0.2) is 18.2 Å². The van der Waals surface area contributed by atoms with Gasteiger partial charge in [-0.1, -0.05) is 26.8 Å². The van der Waals surface area contributed by atoms with E-state index in [1.807, 2.05) is 12.1 Å². The third kappa shape index (κ3) is 5.11. The van der Waals surface area contributed by atoms with Gasteiger partial charge in [0.25, 0.3) is 0 Å². The molecule has 0 heterocycles. The molecule has 1 N–H and O–H groups in total. The molecule has 3 nitrogen and oxygen atoms in total. The predicted octanol–water partition coefficient (Wildman–Crippen LogP) is 3.41. The lowest BCUT2D eigenvalue weighted by Gasteiger charge is -2.24. The maximum absolute atomic E-state index is 6.11. The first-order valence-corrected chi connectivity index (χ1v) is 7.10. The van der Waals surface area contributed by atoms with Crippen LogP contribution in [-0.2, 0) is 0 Å². The molecular formula is C16H27NO2. The van der Waals surface area contributed by atoms with E-state index in [0.717, 1.165) is 31.0 Å². The number of ether oxygens (including phenoxy) is 2. The van der Waals surface area contributed by atoms with Crippen molar-refractivity contribution in [1.82, 2.24) is 5.32 Å². The molecule has 19 heavy (non-hydrogen) atoms. The Balaban J connectivity index is 2.72. The summed E-state index contributed by atoms with van der Waals surface area (Å²) in [6.45, 7) is 10.5. The molecule has 1 rings (SSSR count). The Morgan fingerprint density at radius 2 is 1.95 bits per heavy atom. The maximum Gasteiger partial charge on any atom is 0.161 e. The van der Waals surface area contributed by atoms with Crippen LogP contribution in [0.1, 0.15) is 32.8 Å². The number of hydrogen-bond donors (Lipinski definition) is 1. The fourth-order valence-corrected chi connectivity index (χ4v) is 1.87. The fraction of sp³-hybridized carbons (Fsp3) is 0.625. The van der Waals surface area contributed by atoms with Gasteiger partial charge in [0, 0.05) is 6.54 Å². The van der Waals surface area contributed by atoms with E-state index in [9.17, 15) is 0 Å². The van der Waals surface area contributed by atoms with Gasteiger partial charge in [-0.15, -0.1) is 0 Å². The molecule has 0 aliphatic rings. The third-order valence-corrected chi connectivity index (χ3v) is 3.11. The zero-order valence-corrected chi connectivity index (χ0v) is 12.8. The summed E-state index contributed by atoms with van der Waals surface area (Å²) >= 11 is 0. The highest BCUT2D eigenvalue weighted by atomic mass is 16.5. The van der Waals surface area contributed by atoms with Crippen molar-refractivity contribution in [2.45, 2.75) is 40.2 Å². The normalized spacial score (nSPS) is 12.5. The molecule has 0 amide bonds. The molecule has 0 saturated heterocycles. The van der Waals surface area contributed by atoms with Gasteiger partial charge in [0.15, 0.2) is 11.5 Å². The highest BCUT2D eigenvalue weighted by Crippen LogP contribution is 2.29. The highest BCUT2D eigenvalue weighted by Gasteiger charge is 2.17. The molecule has 0 saturated carbocycles. The van der Waals surface area contributed by atoms with Crippen molar-refractivity contribution < 1.29 is 9.47 Å². The lowest BCUT2D eigenvalue weighted by Crippen LogP contribution is -2.35. The summed E-state index contributed by atoms with van der Waals surface area (Å²) < 4.78 is 11.5. The quantitative estimate of drug-likeness (QED) is 0.731. The number of benzene rings is 1. The van der Waals surface area contributed by atoms with Crippen LogP contribution in [0.25, 0.3) is 0 Å². The van der Waals surface area contributed by atoms with Crippen LogP contribution in [0.4, 0.5) is 0 Å². The second-order valence-corrected chi connectivity index (χ2v) is 5.26. The van der Waals surface area contributed by atoms with Gasteiger partial charge in [0.1, 0.15) is 6.10 Å². The lowest BCUT2D eigenvalue weighted by molar-refractivity contribution is 0.144. The van der Waals surface area contributed by atoms with Gasteiger partial charge < -0.3 is 14.8 Å². The zero-order chi connectivity index (χ0) is 14.3. The SMILES string of the molecule is CCCNCC(Oc1ccc(C)cc1OC)C(C)C. The van der Waals surface area contributed by atoms with Crippen molar-refractivity contribution in [2.24, 2.45) is 5.92 Å². The van der Waals surface area contributed by atoms with Crippen LogP contribution in [0.3, 0.4) is 0 Å². The second kappa shape index (κ2) is 8.05. The molecule has 1 aromatic rings. The topological polar surface area (TPSA) is 30.5 Å². The van der Waals surface area contributed by atoms with Gasteiger partial charge >= 0.3 is 0 Å². The summed E-state index contributed by atoms with van der Waals surface area (Å²) in [4.78, 5) is 0. The van der Waals surface area contributed by atoms with Gasteiger partial charge in [-0.05, 0) is 43.5 Å². The van der Waals surface area contributed by atoms with E-state index in [0.29, 0.717) is 5.92 Å². The molecule has 0 aliphatic heterocycles. The Kier molecular flexibility index (Phi) is 6.71. The largest absolute Gasteiger partial charge is 0.493 e. The number of hydrogen-bond acceptors (Lipinski definition) is 3. The minimum Gasteiger partial charge on any atom is -0.493 e. The first-order chi connectivity index (χ1) is 9.08. The third-order valence-electron chi connectivity index (χ3n) is 3.11. The Bertz CT molecular complexity index is 377. The molecule has 0 fully saturated rings. The summed E-state index contributed by atoms with van der Waals surface area (Å²) in [5.41, 5.74) is 1.18. The van der Waals surface area contributed by atoms with Crippen molar-refractivity contribution in [3.8, 4) is 11.5 Å². The number of methoxy groups -OCH3 is 1. The maximum atomic E-state index is 6.11. The van der Waals surface area contributed by atoms with E-state index < -0.39 is 0 Å². The summed E-state index contributed by atoms with van der Waals surface area (Å²) in [5.74, 6) is 2.08. The van der Waals surface area contributed by atoms with Gasteiger partial charge in [-0.25, -0.2) is 0 Å². The van der Waals surface area contributed by atoms with Gasteiger partial charge in [0.2, 0.25) is 0 Å². The summed E-state index contributed by atoms with van der Waals surface area (Å²) in [7, 11) is 1.68. The first kappa shape index (κ1) is 15.8. The Hall–Kier alpha value is -1.22. The van der Waals surface area contributed by atoms with Crippen LogP contribution in [0, 0.1) is 12.8 Å². The summed E-state index contributed by atoms with van der Waals surface area (Å²) in [6.07, 6.45) is 1.29. The molecule has 0 bridgehead atoms. The monoisotopic (exact) mass is 265 g/mol. The number of aryl methyl sites for hydroxylation is 1. The Morgan fingerprint density at radius 1 is 1.21 bits per heavy atom. The fourth-order valence-electron chi connectivity index (χ4n) is 1.87. The Morgan fingerprint density at radius 3 is 2.53 bits per heavy atom. The van der Waals surface area contributed by atoms with E-state index >= 15 is 0 Å². The van der Waals surface area contributed by atoms with E-state index in [4.69, 9.17) is 9.47 Å². The molecule has 1 unspecified atom stereocenters. The molecule has 0 aromatic heterocycles. The molecule has 0 radical (unpaired) electrons. The number of nitrogens with one attached hydrogen (secondary N) is 1. The van der Waals surface area contributed by atoms with Crippen LogP contribution < -0.4 is 14.8 Å². The molecule has 1 aromatic carbocycles. The molecule has 0 aliphatic carbocycles. The van der Waals surface area contributed by atoms with Crippen molar-refractivity contribution in [3.05, 3.63) is 23.8 Å². The highest BCUT2D eigenvalue weighted by molar-refractivity contribution is 5.42. The van der Waals surface area contributed by atoms with Crippen molar-refractivity contribution >= 4 is 0 Å². The van der Waals surface area contributed by atoms with Crippen LogP contribution in [0.2, 0.25) is 0 Å². The van der Waals surface area contributed by atoms with E-state index in [1.165, 1.54) is 5.56 Å². The van der Waals surface area contributed by atoms with Crippen LogP contribution in [0.5, 0.6) is 11.5 Å². The van der Waals surface area contributed by atoms with Crippen molar-refractivity contribution in [1.29, 1.82) is 0 Å². The van der Waals surface area contributed by atoms with Crippen LogP contribution in [-0.4, -0.2) is 26.3 Å². The lowest BCUT2D eigenvalue weighted by atomic mass is 10.1. The minimum absolute atomic E-state index is 0.156. The average molecular weight is 265 g/mol. The molecule has 3 heteroatoms. The van der Waals surface area contributed by atoms with E-state index in [1.54, 1.807) is 7.11 Å². The predicted molar refractivity (Wildman–Crippen MR) is 80.1 cm³/mol. The first-order valence-electron chi connectivity index (χ1n) is 7.10. The summed E-state index contributed by atoms with van der Waals surface area (Å²) in [6, 6.07) is 6.05. The summed E-state index contributed by atoms with van der Waals surface area (Å²) in [5, 5.41) is 3.42. The molecule has 0 spiro atoms. The zero-order valence-electron chi connectivity index (χ0n) is 12.8. The smallest absolute Gasteiger partial charge is 0.161 e. The van der Waals surface area contributed by atoms with Gasteiger partial charge in [-0.2, -0.15) is 0 Å². The van der Waals surface area contributed by atoms with E-state index in [-0.39, 0.29) is 6.10 Å². The van der Waals surface area contributed by atoms with Gasteiger partial charge in [-0.3, -0.25) is 0 Å². The molecular weight excluding hydrogens is 238 g/mol. The van der Waals surface area contributed by atoms with Crippen molar-refractivity contribution in [2.75, 3.05) is 20.2 Å². The average Bonchev–Trinajstić information content (AvgIpc) is 2.39. The number of rotatable bonds is 8. The molecule has 108 valence electrons. The minimum atomic E-state index is 0.156. The molecule has 1 atom stereocenters.